The SMILES string of the molecule is [C-]#[N+]C/C=N\N[C](=[W])/C(C)=C\C(=[CH-])C. The van der Waals surface area contributed by atoms with E-state index in [1.54, 1.807) is 6.21 Å². The van der Waals surface area contributed by atoms with Crippen LogP contribution >= 0.6 is 0 Å². The third-order valence-electron chi connectivity index (χ3n) is 1.23. The zero-order valence-corrected chi connectivity index (χ0v) is 11.2. The van der Waals surface area contributed by atoms with Crippen molar-refractivity contribution in [1.29, 1.82) is 0 Å². The fraction of sp³-hybridized carbons (Fsp3) is 0.300. The molecule has 0 spiro atoms. The van der Waals surface area contributed by atoms with Gasteiger partial charge in [-0.15, -0.1) is 0 Å². The van der Waals surface area contributed by atoms with Gasteiger partial charge in [0.15, 0.2) is 0 Å². The predicted octanol–water partition coefficient (Wildman–Crippen LogP) is 1.48. The van der Waals surface area contributed by atoms with E-state index < -0.39 is 0 Å². The summed E-state index contributed by atoms with van der Waals surface area (Å²) in [7, 11) is 0. The van der Waals surface area contributed by atoms with E-state index in [0.29, 0.717) is 6.54 Å². The summed E-state index contributed by atoms with van der Waals surface area (Å²) in [5.74, 6) is 0. The molecule has 0 saturated carbocycles. The zero-order chi connectivity index (χ0) is 11.0. The van der Waals surface area contributed by atoms with Crippen molar-refractivity contribution in [2.75, 3.05) is 6.54 Å². The molecule has 0 aliphatic heterocycles. The van der Waals surface area contributed by atoms with E-state index in [9.17, 15) is 0 Å². The van der Waals surface area contributed by atoms with Gasteiger partial charge < -0.3 is 0 Å². The molecule has 0 amide bonds. The van der Waals surface area contributed by atoms with Gasteiger partial charge in [0.1, 0.15) is 0 Å². The van der Waals surface area contributed by atoms with Crippen LogP contribution in [0.5, 0.6) is 0 Å². The molecule has 0 fully saturated rings. The second-order valence-electron chi connectivity index (χ2n) is 2.66. The standard InChI is InChI=1S/C10H12N3.W/c1-9(2)7-10(3)8-13-12-6-5-11-4;/h1,6-7,13H,5H2,2-3H3;/q-1;/b10-7-,12-6-;. The van der Waals surface area contributed by atoms with Crippen molar-refractivity contribution in [2.45, 2.75) is 13.8 Å². The third-order valence-corrected chi connectivity index (χ3v) is 2.72. The summed E-state index contributed by atoms with van der Waals surface area (Å²) in [6, 6.07) is 0. The maximum absolute atomic E-state index is 6.54. The Morgan fingerprint density at radius 1 is 1.64 bits per heavy atom. The number of hydrogen-bond donors (Lipinski definition) is 1. The van der Waals surface area contributed by atoms with Gasteiger partial charge in [-0.1, -0.05) is 0 Å². The molecular weight excluding hydrogens is 346 g/mol. The number of hydrogen-bond acceptors (Lipinski definition) is 2. The minimum absolute atomic E-state index is 0.306. The summed E-state index contributed by atoms with van der Waals surface area (Å²) in [4.78, 5) is 3.15. The van der Waals surface area contributed by atoms with Crippen LogP contribution in [-0.4, -0.2) is 16.8 Å². The van der Waals surface area contributed by atoms with Crippen LogP contribution in [0.1, 0.15) is 13.8 Å². The van der Waals surface area contributed by atoms with Gasteiger partial charge in [0.2, 0.25) is 0 Å². The summed E-state index contributed by atoms with van der Waals surface area (Å²) in [5.41, 5.74) is 4.71. The van der Waals surface area contributed by atoms with Crippen LogP contribution in [0.15, 0.2) is 22.3 Å². The Kier molecular flexibility index (Phi) is 6.88. The van der Waals surface area contributed by atoms with Crippen molar-refractivity contribution >= 4 is 10.2 Å². The van der Waals surface area contributed by atoms with Gasteiger partial charge in [-0.25, -0.2) is 0 Å². The first kappa shape index (κ1) is 13.0. The first-order valence-electron chi connectivity index (χ1n) is 4.00. The Morgan fingerprint density at radius 2 is 2.29 bits per heavy atom. The molecule has 0 aliphatic carbocycles. The minimum atomic E-state index is 0.306. The summed E-state index contributed by atoms with van der Waals surface area (Å²) >= 11 is 1.29. The first-order valence-corrected chi connectivity index (χ1v) is 5.47. The van der Waals surface area contributed by atoms with E-state index in [0.717, 1.165) is 15.2 Å². The van der Waals surface area contributed by atoms with E-state index in [1.807, 2.05) is 19.9 Å². The monoisotopic (exact) mass is 358 g/mol. The molecule has 0 heterocycles. The number of nitrogens with one attached hydrogen (secondary N) is 1. The first-order chi connectivity index (χ1) is 6.57. The van der Waals surface area contributed by atoms with Crippen molar-refractivity contribution in [3.05, 3.63) is 35.2 Å². The van der Waals surface area contributed by atoms with Crippen LogP contribution in [0.4, 0.5) is 0 Å². The predicted molar refractivity (Wildman–Crippen MR) is 55.3 cm³/mol. The molecule has 0 aromatic carbocycles. The van der Waals surface area contributed by atoms with Crippen molar-refractivity contribution < 1.29 is 19.4 Å². The summed E-state index contributed by atoms with van der Waals surface area (Å²) < 4.78 is 1.01. The van der Waals surface area contributed by atoms with E-state index in [2.05, 4.69) is 15.4 Å². The van der Waals surface area contributed by atoms with E-state index in [-0.39, 0.29) is 0 Å². The molecular formula is C10H12N3W-. The average molecular weight is 358 g/mol. The van der Waals surface area contributed by atoms with Crippen LogP contribution in [0.3, 0.4) is 0 Å². The van der Waals surface area contributed by atoms with Crippen molar-refractivity contribution in [1.82, 2.24) is 5.43 Å². The van der Waals surface area contributed by atoms with Gasteiger partial charge in [-0.3, -0.25) is 0 Å². The maximum atomic E-state index is 6.54. The Hall–Kier alpha value is -1.00. The van der Waals surface area contributed by atoms with Crippen LogP contribution < -0.4 is 5.43 Å². The van der Waals surface area contributed by atoms with Gasteiger partial charge in [0, 0.05) is 0 Å². The molecule has 74 valence electrons. The van der Waals surface area contributed by atoms with Crippen molar-refractivity contribution in [3.8, 4) is 0 Å². The molecule has 0 unspecified atom stereocenters. The van der Waals surface area contributed by atoms with Gasteiger partial charge >= 0.3 is 95.7 Å². The number of rotatable bonds is 5. The van der Waals surface area contributed by atoms with E-state index in [4.69, 9.17) is 13.2 Å². The fourth-order valence-corrected chi connectivity index (χ4v) is 1.08. The van der Waals surface area contributed by atoms with Gasteiger partial charge in [-0.2, -0.15) is 0 Å². The van der Waals surface area contributed by atoms with Gasteiger partial charge in [-0.05, 0) is 0 Å². The molecule has 1 N–H and O–H groups in total. The Morgan fingerprint density at radius 3 is 2.79 bits per heavy atom. The third kappa shape index (κ3) is 6.51. The Bertz CT molecular complexity index is 321. The van der Waals surface area contributed by atoms with Gasteiger partial charge in [0.25, 0.3) is 0 Å². The van der Waals surface area contributed by atoms with Crippen molar-refractivity contribution in [3.63, 3.8) is 0 Å². The van der Waals surface area contributed by atoms with Gasteiger partial charge in [0.05, 0.1) is 0 Å². The molecule has 0 bridgehead atoms. The molecule has 0 aliphatic rings. The fourth-order valence-electron chi connectivity index (χ4n) is 0.681. The van der Waals surface area contributed by atoms with Crippen LogP contribution in [0.2, 0.25) is 0 Å². The van der Waals surface area contributed by atoms with Crippen LogP contribution in [-0.2, 0) is 19.4 Å². The molecule has 3 nitrogen and oxygen atoms in total. The van der Waals surface area contributed by atoms with Crippen LogP contribution in [0, 0.1) is 13.2 Å². The quantitative estimate of drug-likeness (QED) is 0.343. The number of hydrazone groups is 1. The summed E-state index contributed by atoms with van der Waals surface area (Å²) in [5, 5.41) is 3.89. The Labute approximate surface area is 95.8 Å². The number of nitrogens with zero attached hydrogens (tertiary/aromatic N) is 2. The Balaban J connectivity index is 4.10. The molecule has 0 aromatic heterocycles. The topological polar surface area (TPSA) is 28.8 Å². The van der Waals surface area contributed by atoms with E-state index >= 15 is 0 Å². The molecule has 0 radical (unpaired) electrons. The van der Waals surface area contributed by atoms with Crippen LogP contribution in [0.25, 0.3) is 4.85 Å². The second-order valence-corrected chi connectivity index (χ2v) is 4.13. The molecule has 0 aromatic rings. The summed E-state index contributed by atoms with van der Waals surface area (Å²) in [6.45, 7) is 16.2. The zero-order valence-electron chi connectivity index (χ0n) is 8.24. The summed E-state index contributed by atoms with van der Waals surface area (Å²) in [6.07, 6.45) is 3.43. The molecule has 14 heavy (non-hydrogen) atoms. The molecule has 0 rings (SSSR count). The molecule has 0 atom stereocenters. The average Bonchev–Trinajstić information content (AvgIpc) is 2.11. The molecule has 0 saturated heterocycles. The second kappa shape index (κ2) is 7.41. The van der Waals surface area contributed by atoms with Crippen molar-refractivity contribution in [2.24, 2.45) is 5.10 Å². The normalized spacial score (nSPS) is 11.1. The van der Waals surface area contributed by atoms with E-state index in [1.165, 1.54) is 19.4 Å². The number of allylic oxidation sites excluding steroid dienone is 2. The molecule has 4 heteroatoms.